The van der Waals surface area contributed by atoms with Crippen LogP contribution in [0.4, 0.5) is 0 Å². The molecule has 4 rings (SSSR count). The van der Waals surface area contributed by atoms with Crippen LogP contribution >= 0.6 is 0 Å². The van der Waals surface area contributed by atoms with Gasteiger partial charge in [0.05, 0.1) is 11.7 Å². The zero-order chi connectivity index (χ0) is 18.6. The van der Waals surface area contributed by atoms with Crippen molar-refractivity contribution < 1.29 is 34.0 Å². The van der Waals surface area contributed by atoms with Crippen molar-refractivity contribution >= 4 is 11.8 Å². The van der Waals surface area contributed by atoms with Crippen LogP contribution in [0.15, 0.2) is 0 Å². The standard InChI is InChI=1S/C18H26O7/c1-8-10(19)6-9-12(8)13-18(22)11(7-16(9,4)21)24-15(2,3)25-17(18,5)14(20)23-13/h8-9,11-13,21-22H,6-7H2,1-5H3/t8-,9-,11?,12+,13-,16-,17+,18+/m0/s1. The molecule has 0 aromatic carbocycles. The summed E-state index contributed by atoms with van der Waals surface area (Å²) in [6, 6.07) is 0. The number of hydrogen-bond acceptors (Lipinski definition) is 7. The van der Waals surface area contributed by atoms with Crippen LogP contribution in [0.5, 0.6) is 0 Å². The maximum atomic E-state index is 12.7. The maximum absolute atomic E-state index is 12.7. The van der Waals surface area contributed by atoms with Crippen LogP contribution in [0.3, 0.4) is 0 Å². The van der Waals surface area contributed by atoms with Crippen molar-refractivity contribution in [2.75, 3.05) is 0 Å². The number of aliphatic hydroxyl groups is 2. The van der Waals surface area contributed by atoms with Crippen molar-refractivity contribution in [3.8, 4) is 0 Å². The molecule has 2 saturated carbocycles. The molecule has 7 nitrogen and oxygen atoms in total. The Hall–Kier alpha value is -1.02. The van der Waals surface area contributed by atoms with Gasteiger partial charge >= 0.3 is 5.97 Å². The first-order chi connectivity index (χ1) is 11.3. The molecule has 0 aromatic heterocycles. The molecule has 2 aliphatic carbocycles. The topological polar surface area (TPSA) is 102 Å². The molecule has 140 valence electrons. The highest BCUT2D eigenvalue weighted by atomic mass is 16.8. The van der Waals surface area contributed by atoms with Crippen molar-refractivity contribution in [3.63, 3.8) is 0 Å². The zero-order valence-electron chi connectivity index (χ0n) is 15.2. The summed E-state index contributed by atoms with van der Waals surface area (Å²) in [7, 11) is 0. The quantitative estimate of drug-likeness (QED) is 0.612. The summed E-state index contributed by atoms with van der Waals surface area (Å²) in [5, 5.41) is 22.8. The molecule has 0 bridgehead atoms. The van der Waals surface area contributed by atoms with Crippen LogP contribution in [0, 0.1) is 17.8 Å². The summed E-state index contributed by atoms with van der Waals surface area (Å²) in [5.41, 5.74) is -4.60. The molecule has 0 radical (unpaired) electrons. The molecule has 0 aromatic rings. The molecule has 0 amide bonds. The van der Waals surface area contributed by atoms with Crippen molar-refractivity contribution in [2.45, 2.75) is 82.3 Å². The lowest BCUT2D eigenvalue weighted by atomic mass is 9.71. The number of Topliss-reactive ketones (excluding diaryl/α,β-unsaturated/α-hetero) is 1. The molecule has 25 heavy (non-hydrogen) atoms. The summed E-state index contributed by atoms with van der Waals surface area (Å²) in [6.07, 6.45) is -1.50. The van der Waals surface area contributed by atoms with Crippen LogP contribution in [0.1, 0.15) is 47.5 Å². The maximum Gasteiger partial charge on any atom is 0.341 e. The molecule has 4 aliphatic rings. The van der Waals surface area contributed by atoms with E-state index in [1.807, 2.05) is 0 Å². The predicted molar refractivity (Wildman–Crippen MR) is 84.3 cm³/mol. The molecule has 7 heteroatoms. The van der Waals surface area contributed by atoms with Crippen LogP contribution in [0.2, 0.25) is 0 Å². The third kappa shape index (κ3) is 1.95. The molecular weight excluding hydrogens is 328 g/mol. The molecule has 0 spiro atoms. The van der Waals surface area contributed by atoms with E-state index in [2.05, 4.69) is 0 Å². The zero-order valence-corrected chi connectivity index (χ0v) is 15.2. The number of rotatable bonds is 0. The van der Waals surface area contributed by atoms with Gasteiger partial charge in [-0.3, -0.25) is 4.79 Å². The van der Waals surface area contributed by atoms with E-state index in [-0.39, 0.29) is 18.6 Å². The minimum atomic E-state index is -1.76. The molecule has 1 unspecified atom stereocenters. The van der Waals surface area contributed by atoms with E-state index in [9.17, 15) is 19.8 Å². The normalized spacial score (nSPS) is 56.8. The molecular formula is C18H26O7. The average Bonchev–Trinajstić information content (AvgIpc) is 2.83. The highest BCUT2D eigenvalue weighted by Crippen LogP contribution is 2.60. The first-order valence-electron chi connectivity index (χ1n) is 8.90. The Morgan fingerprint density at radius 1 is 1.12 bits per heavy atom. The Balaban J connectivity index is 1.91. The fraction of sp³-hybridized carbons (Fsp3) is 0.889. The molecule has 2 aliphatic heterocycles. The fourth-order valence-electron chi connectivity index (χ4n) is 5.62. The van der Waals surface area contributed by atoms with Gasteiger partial charge in [0.2, 0.25) is 0 Å². The van der Waals surface area contributed by atoms with Gasteiger partial charge in [0, 0.05) is 30.6 Å². The van der Waals surface area contributed by atoms with Gasteiger partial charge < -0.3 is 24.4 Å². The van der Waals surface area contributed by atoms with E-state index in [1.54, 1.807) is 27.7 Å². The van der Waals surface area contributed by atoms with E-state index < -0.39 is 58.5 Å². The molecule has 2 N–H and O–H groups in total. The number of ketones is 1. The Morgan fingerprint density at radius 2 is 1.76 bits per heavy atom. The summed E-state index contributed by atoms with van der Waals surface area (Å²) in [4.78, 5) is 25.1. The van der Waals surface area contributed by atoms with Crippen molar-refractivity contribution in [1.29, 1.82) is 0 Å². The Bertz CT molecular complexity index is 656. The monoisotopic (exact) mass is 354 g/mol. The summed E-state index contributed by atoms with van der Waals surface area (Å²) < 4.78 is 17.5. The van der Waals surface area contributed by atoms with E-state index in [0.29, 0.717) is 0 Å². The molecule has 4 fully saturated rings. The van der Waals surface area contributed by atoms with Gasteiger partial charge in [0.1, 0.15) is 11.9 Å². The number of ether oxygens (including phenoxy) is 3. The SMILES string of the molecule is C[C@H]1C(=O)C[C@H]2[C@@H]1[C@@H]1OC(=O)[C@@]3(C)OC(C)(C)OC(C[C@]2(C)O)[C@@]13O. The summed E-state index contributed by atoms with van der Waals surface area (Å²) in [6.45, 7) is 8.30. The lowest BCUT2D eigenvalue weighted by Crippen LogP contribution is -2.72. The number of esters is 1. The van der Waals surface area contributed by atoms with Gasteiger partial charge in [-0.2, -0.15) is 0 Å². The number of carbonyl (C=O) groups excluding carboxylic acids is 2. The first-order valence-corrected chi connectivity index (χ1v) is 8.90. The van der Waals surface area contributed by atoms with E-state index in [4.69, 9.17) is 14.2 Å². The second-order valence-electron chi connectivity index (χ2n) is 9.00. The second kappa shape index (κ2) is 4.63. The van der Waals surface area contributed by atoms with Crippen molar-refractivity contribution in [1.82, 2.24) is 0 Å². The first kappa shape index (κ1) is 17.4. The van der Waals surface area contributed by atoms with Crippen LogP contribution in [-0.2, 0) is 23.8 Å². The summed E-state index contributed by atoms with van der Waals surface area (Å²) in [5.74, 6) is -3.05. The molecule has 2 heterocycles. The lowest BCUT2D eigenvalue weighted by molar-refractivity contribution is -0.383. The van der Waals surface area contributed by atoms with Crippen molar-refractivity contribution in [2.24, 2.45) is 17.8 Å². The number of hydrogen-bond donors (Lipinski definition) is 2. The van der Waals surface area contributed by atoms with Crippen molar-refractivity contribution in [3.05, 3.63) is 0 Å². The van der Waals surface area contributed by atoms with Crippen LogP contribution < -0.4 is 0 Å². The highest BCUT2D eigenvalue weighted by Gasteiger charge is 2.78. The van der Waals surface area contributed by atoms with Gasteiger partial charge in [-0.1, -0.05) is 6.92 Å². The van der Waals surface area contributed by atoms with Crippen LogP contribution in [-0.4, -0.2) is 56.8 Å². The minimum Gasteiger partial charge on any atom is -0.456 e. The fourth-order valence-corrected chi connectivity index (χ4v) is 5.62. The third-order valence-corrected chi connectivity index (χ3v) is 6.91. The van der Waals surface area contributed by atoms with Gasteiger partial charge in [-0.05, 0) is 27.7 Å². The third-order valence-electron chi connectivity index (χ3n) is 6.91. The summed E-state index contributed by atoms with van der Waals surface area (Å²) >= 11 is 0. The Kier molecular flexibility index (Phi) is 3.22. The Morgan fingerprint density at radius 3 is 2.40 bits per heavy atom. The largest absolute Gasteiger partial charge is 0.456 e. The molecule has 2 saturated heterocycles. The predicted octanol–water partition coefficient (Wildman–Crippen LogP) is 0.549. The smallest absolute Gasteiger partial charge is 0.341 e. The van der Waals surface area contributed by atoms with Gasteiger partial charge in [0.25, 0.3) is 0 Å². The van der Waals surface area contributed by atoms with Crippen LogP contribution in [0.25, 0.3) is 0 Å². The van der Waals surface area contributed by atoms with Gasteiger partial charge in [-0.15, -0.1) is 0 Å². The van der Waals surface area contributed by atoms with E-state index >= 15 is 0 Å². The highest BCUT2D eigenvalue weighted by molar-refractivity contribution is 5.87. The number of fused-ring (bicyclic) bond motifs is 2. The lowest BCUT2D eigenvalue weighted by Gasteiger charge is -2.52. The Labute approximate surface area is 146 Å². The number of carbonyl (C=O) groups is 2. The van der Waals surface area contributed by atoms with E-state index in [1.165, 1.54) is 6.92 Å². The van der Waals surface area contributed by atoms with Gasteiger partial charge in [-0.25, -0.2) is 4.79 Å². The van der Waals surface area contributed by atoms with E-state index in [0.717, 1.165) is 0 Å². The van der Waals surface area contributed by atoms with Gasteiger partial charge in [0.15, 0.2) is 17.0 Å². The minimum absolute atomic E-state index is 0.0138. The second-order valence-corrected chi connectivity index (χ2v) is 9.00. The molecule has 8 atom stereocenters. The average molecular weight is 354 g/mol.